The van der Waals surface area contributed by atoms with Crippen LogP contribution in [0, 0.1) is 24.6 Å². The molecule has 2 unspecified atom stereocenters. The van der Waals surface area contributed by atoms with Crippen molar-refractivity contribution < 1.29 is 14.0 Å². The number of hydrogen-bond donors (Lipinski definition) is 1. The molecule has 1 aromatic carbocycles. The van der Waals surface area contributed by atoms with E-state index in [9.17, 15) is 9.59 Å². The largest absolute Gasteiger partial charge is 0.343 e. The number of nitrogens with zero attached hydrogens (tertiary/aromatic N) is 7. The van der Waals surface area contributed by atoms with Crippen LogP contribution in [0.4, 0.5) is 21.6 Å². The zero-order chi connectivity index (χ0) is 35.2. The predicted octanol–water partition coefficient (Wildman–Crippen LogP) is 6.75. The third-order valence-electron chi connectivity index (χ3n) is 12.7. The summed E-state index contributed by atoms with van der Waals surface area (Å²) < 4.78 is 17.0. The van der Waals surface area contributed by atoms with E-state index in [0.29, 0.717) is 54.9 Å². The number of anilines is 3. The van der Waals surface area contributed by atoms with Gasteiger partial charge in [-0.3, -0.25) is 19.5 Å². The van der Waals surface area contributed by atoms with Crippen LogP contribution in [0.5, 0.6) is 0 Å². The number of aryl methyl sites for hydroxylation is 1. The van der Waals surface area contributed by atoms with Crippen molar-refractivity contribution >= 4 is 40.0 Å². The lowest BCUT2D eigenvalue weighted by molar-refractivity contribution is -0.134. The Morgan fingerprint density at radius 3 is 2.45 bits per heavy atom. The normalized spacial score (nSPS) is 25.6. The highest BCUT2D eigenvalue weighted by Gasteiger charge is 2.56. The van der Waals surface area contributed by atoms with Gasteiger partial charge in [0.15, 0.2) is 11.6 Å². The number of hydrogen-bond acceptors (Lipinski definition) is 7. The molecule has 2 atom stereocenters. The molecule has 10 nitrogen and oxygen atoms in total. The molecule has 4 fully saturated rings. The molecule has 2 saturated heterocycles. The molecule has 2 aliphatic carbocycles. The van der Waals surface area contributed by atoms with E-state index < -0.39 is 11.2 Å². The molecule has 0 radical (unpaired) electrons. The van der Waals surface area contributed by atoms with Crippen LogP contribution in [-0.4, -0.2) is 79.4 Å². The number of pyridine rings is 2. The van der Waals surface area contributed by atoms with Gasteiger partial charge in [0.25, 0.3) is 0 Å². The van der Waals surface area contributed by atoms with E-state index in [4.69, 9.17) is 9.97 Å². The van der Waals surface area contributed by atoms with Crippen LogP contribution < -0.4 is 10.2 Å². The molecule has 6 heterocycles. The minimum absolute atomic E-state index is 0.0626. The van der Waals surface area contributed by atoms with E-state index in [1.807, 2.05) is 22.5 Å². The average Bonchev–Trinajstić information content (AvgIpc) is 3.75. The van der Waals surface area contributed by atoms with Gasteiger partial charge in [-0.05, 0) is 101 Å². The topological polar surface area (TPSA) is 99.5 Å². The lowest BCUT2D eigenvalue weighted by atomic mass is 9.73. The van der Waals surface area contributed by atoms with Crippen LogP contribution in [0.3, 0.4) is 0 Å². The third-order valence-corrected chi connectivity index (χ3v) is 12.7. The van der Waals surface area contributed by atoms with Gasteiger partial charge in [-0.25, -0.2) is 14.4 Å². The molecular formula is C40H47FN8O2. The molecule has 2 amide bonds. The highest BCUT2D eigenvalue weighted by atomic mass is 19.1. The molecular weight excluding hydrogens is 643 g/mol. The van der Waals surface area contributed by atoms with E-state index >= 15 is 4.39 Å². The first-order chi connectivity index (χ1) is 24.6. The highest BCUT2D eigenvalue weighted by Crippen LogP contribution is 2.52. The van der Waals surface area contributed by atoms with Crippen molar-refractivity contribution in [2.45, 2.75) is 96.2 Å². The Kier molecular flexibility index (Phi) is 7.72. The average molecular weight is 691 g/mol. The lowest BCUT2D eigenvalue weighted by Gasteiger charge is -2.49. The fourth-order valence-corrected chi connectivity index (χ4v) is 9.87. The standard InChI is InChI=1S/C40H47FN8O2/c1-23(2)48-22-43-35-18-33(44-38(37(35)48)45-34-13-24(3)42-19-32(34)41)28-7-8-31-36(15-28)49(39(51)40(31)9-11-46(12-10-40)25(4)50)30-16-29(17-30)47-20-26-5-6-27(14-26)21-47/h7-8,13,15,18-19,22-23,26-27,29-30H,5-6,9-12,14,16-17,20-21H2,1-4H3,(H,42,44,45). The number of rotatable bonds is 6. The van der Waals surface area contributed by atoms with Crippen molar-refractivity contribution in [2.24, 2.45) is 11.8 Å². The van der Waals surface area contributed by atoms with Gasteiger partial charge in [-0.2, -0.15) is 0 Å². The molecule has 3 aliphatic heterocycles. The van der Waals surface area contributed by atoms with E-state index in [2.05, 4.69) is 52.1 Å². The number of benzene rings is 1. The Bertz CT molecular complexity index is 2030. The van der Waals surface area contributed by atoms with Crippen molar-refractivity contribution in [1.29, 1.82) is 0 Å². The molecule has 51 heavy (non-hydrogen) atoms. The van der Waals surface area contributed by atoms with Gasteiger partial charge in [0.05, 0.1) is 34.8 Å². The molecule has 1 N–H and O–H groups in total. The molecule has 9 rings (SSSR count). The molecule has 266 valence electrons. The summed E-state index contributed by atoms with van der Waals surface area (Å²) >= 11 is 0. The summed E-state index contributed by atoms with van der Waals surface area (Å²) in [5.74, 6) is 1.98. The first-order valence-corrected chi connectivity index (χ1v) is 18.8. The van der Waals surface area contributed by atoms with Crippen LogP contribution in [0.2, 0.25) is 0 Å². The van der Waals surface area contributed by atoms with Crippen molar-refractivity contribution in [2.75, 3.05) is 36.4 Å². The van der Waals surface area contributed by atoms with Crippen LogP contribution in [-0.2, 0) is 15.0 Å². The van der Waals surface area contributed by atoms with E-state index in [-0.39, 0.29) is 23.9 Å². The van der Waals surface area contributed by atoms with Gasteiger partial charge in [0, 0.05) is 68.2 Å². The maximum Gasteiger partial charge on any atom is 0.238 e. The number of halogens is 1. The first kappa shape index (κ1) is 32.5. The van der Waals surface area contributed by atoms with Crippen LogP contribution >= 0.6 is 0 Å². The van der Waals surface area contributed by atoms with Crippen LogP contribution in [0.1, 0.15) is 83.0 Å². The second kappa shape index (κ2) is 12.1. The molecule has 1 spiro atoms. The summed E-state index contributed by atoms with van der Waals surface area (Å²) in [6, 6.07) is 10.8. The Hall–Kier alpha value is -4.38. The summed E-state index contributed by atoms with van der Waals surface area (Å²) in [5, 5.41) is 3.27. The van der Waals surface area contributed by atoms with E-state index in [1.54, 1.807) is 19.3 Å². The van der Waals surface area contributed by atoms with Crippen LogP contribution in [0.15, 0.2) is 42.9 Å². The number of nitrogens with one attached hydrogen (secondary N) is 1. The quantitative estimate of drug-likeness (QED) is 0.239. The summed E-state index contributed by atoms with van der Waals surface area (Å²) in [5.41, 5.74) is 5.52. The number of aromatic nitrogens is 4. The molecule has 3 aromatic heterocycles. The van der Waals surface area contributed by atoms with E-state index in [1.165, 1.54) is 38.5 Å². The number of carbonyl (C=O) groups excluding carboxylic acids is 2. The summed E-state index contributed by atoms with van der Waals surface area (Å²) in [6.45, 7) is 11.2. The Morgan fingerprint density at radius 2 is 1.75 bits per heavy atom. The minimum Gasteiger partial charge on any atom is -0.343 e. The number of likely N-dealkylation sites (tertiary alicyclic amines) is 2. The molecule has 4 aromatic rings. The molecule has 5 aliphatic rings. The van der Waals surface area contributed by atoms with Gasteiger partial charge in [-0.1, -0.05) is 12.1 Å². The Labute approximate surface area is 298 Å². The Morgan fingerprint density at radius 1 is 1.00 bits per heavy atom. The van der Waals surface area contributed by atoms with Gasteiger partial charge < -0.3 is 19.7 Å². The highest BCUT2D eigenvalue weighted by molar-refractivity contribution is 6.09. The zero-order valence-corrected chi connectivity index (χ0v) is 30.0. The SMILES string of the molecule is CC(=O)N1CCC2(CC1)C(=O)N(C1CC(N3CC4CCC(C4)C3)C1)c1cc(-c3cc4ncn(C(C)C)c4c(Nc4cc(C)ncc4F)n3)ccc12. The smallest absolute Gasteiger partial charge is 0.238 e. The second-order valence-electron chi connectivity index (χ2n) is 16.2. The van der Waals surface area contributed by atoms with Crippen molar-refractivity contribution in [3.05, 3.63) is 59.9 Å². The molecule has 11 heteroatoms. The fourth-order valence-electron chi connectivity index (χ4n) is 9.87. The van der Waals surface area contributed by atoms with Gasteiger partial charge in [-0.15, -0.1) is 0 Å². The maximum absolute atomic E-state index is 15.0. The maximum atomic E-state index is 15.0. The van der Waals surface area contributed by atoms with E-state index in [0.717, 1.165) is 52.5 Å². The summed E-state index contributed by atoms with van der Waals surface area (Å²) in [4.78, 5) is 47.8. The third kappa shape index (κ3) is 5.33. The van der Waals surface area contributed by atoms with Crippen molar-refractivity contribution in [1.82, 2.24) is 29.3 Å². The first-order valence-electron chi connectivity index (χ1n) is 18.8. The zero-order valence-electron chi connectivity index (χ0n) is 30.0. The summed E-state index contributed by atoms with van der Waals surface area (Å²) in [6.07, 6.45) is 10.4. The minimum atomic E-state index is -0.633. The molecule has 2 bridgehead atoms. The van der Waals surface area contributed by atoms with Gasteiger partial charge in [0.2, 0.25) is 11.8 Å². The second-order valence-corrected chi connectivity index (χ2v) is 16.2. The number of piperidine rings is 2. The van der Waals surface area contributed by atoms with Gasteiger partial charge >= 0.3 is 0 Å². The van der Waals surface area contributed by atoms with Crippen molar-refractivity contribution in [3.8, 4) is 11.3 Å². The fraction of sp³-hybridized carbons (Fsp3) is 0.525. The number of fused-ring (bicyclic) bond motifs is 5. The predicted molar refractivity (Wildman–Crippen MR) is 195 cm³/mol. The summed E-state index contributed by atoms with van der Waals surface area (Å²) in [7, 11) is 0. The Balaban J connectivity index is 1.10. The van der Waals surface area contributed by atoms with Crippen LogP contribution in [0.25, 0.3) is 22.3 Å². The monoisotopic (exact) mass is 690 g/mol. The number of carbonyl (C=O) groups is 2. The number of imidazole rings is 1. The van der Waals surface area contributed by atoms with Gasteiger partial charge in [0.1, 0.15) is 5.52 Å². The molecule has 2 saturated carbocycles. The van der Waals surface area contributed by atoms with Crippen molar-refractivity contribution in [3.63, 3.8) is 0 Å². The lowest BCUT2D eigenvalue weighted by Crippen LogP contribution is -2.59. The number of amides is 2.